The highest BCUT2D eigenvalue weighted by atomic mass is 16.2. The van der Waals surface area contributed by atoms with Gasteiger partial charge in [0.05, 0.1) is 6.04 Å². The highest BCUT2D eigenvalue weighted by molar-refractivity contribution is 5.82. The minimum atomic E-state index is 0.00686. The van der Waals surface area contributed by atoms with Crippen LogP contribution in [0.25, 0.3) is 0 Å². The average Bonchev–Trinajstić information content (AvgIpc) is 2.15. The van der Waals surface area contributed by atoms with Crippen LogP contribution >= 0.6 is 0 Å². The van der Waals surface area contributed by atoms with E-state index in [2.05, 4.69) is 22.5 Å². The van der Waals surface area contributed by atoms with E-state index in [1.807, 2.05) is 6.92 Å². The summed E-state index contributed by atoms with van der Waals surface area (Å²) in [7, 11) is 0. The first kappa shape index (κ1) is 10.1. The van der Waals surface area contributed by atoms with E-state index in [1.54, 1.807) is 0 Å². The number of hydrogen-bond donors (Lipinski definition) is 2. The second kappa shape index (κ2) is 5.60. The first-order valence-corrected chi connectivity index (χ1v) is 4.75. The van der Waals surface area contributed by atoms with Crippen molar-refractivity contribution < 1.29 is 4.79 Å². The van der Waals surface area contributed by atoms with Gasteiger partial charge in [0.25, 0.3) is 0 Å². The van der Waals surface area contributed by atoms with Gasteiger partial charge in [-0.1, -0.05) is 0 Å². The highest BCUT2D eigenvalue weighted by Crippen LogP contribution is 2.02. The molecule has 0 aromatic rings. The molecule has 0 aromatic heterocycles. The zero-order valence-electron chi connectivity index (χ0n) is 8.02. The third-order valence-corrected chi connectivity index (χ3v) is 2.10. The Kier molecular flexibility index (Phi) is 4.34. The smallest absolute Gasteiger partial charge is 0.237 e. The van der Waals surface area contributed by atoms with E-state index in [-0.39, 0.29) is 11.9 Å². The zero-order chi connectivity index (χ0) is 9.52. The molecule has 0 bridgehead atoms. The summed E-state index contributed by atoms with van der Waals surface area (Å²) >= 11 is 0. The quantitative estimate of drug-likeness (QED) is 0.483. The Morgan fingerprint density at radius 1 is 1.69 bits per heavy atom. The van der Waals surface area contributed by atoms with Crippen LogP contribution in [0.1, 0.15) is 26.2 Å². The number of amides is 1. The molecular weight excluding hydrogens is 164 g/mol. The molecule has 1 saturated heterocycles. The molecule has 1 unspecified atom stereocenters. The number of carbonyl (C=O) groups excluding carboxylic acids is 1. The third-order valence-electron chi connectivity index (χ3n) is 2.10. The van der Waals surface area contributed by atoms with Gasteiger partial charge in [-0.3, -0.25) is 4.79 Å². The predicted octanol–water partition coefficient (Wildman–Crippen LogP) is 0.268. The van der Waals surface area contributed by atoms with Crippen LogP contribution in [0, 0.1) is 11.8 Å². The molecule has 1 amide bonds. The van der Waals surface area contributed by atoms with Gasteiger partial charge in [0, 0.05) is 19.5 Å². The lowest BCUT2D eigenvalue weighted by molar-refractivity contribution is -0.124. The Hall–Kier alpha value is -1.01. The molecule has 0 spiro atoms. The summed E-state index contributed by atoms with van der Waals surface area (Å²) in [5.41, 5.74) is 0. The van der Waals surface area contributed by atoms with Crippen LogP contribution < -0.4 is 10.6 Å². The minimum Gasteiger partial charge on any atom is -0.355 e. The molecule has 0 aromatic carbocycles. The maximum atomic E-state index is 11.2. The summed E-state index contributed by atoms with van der Waals surface area (Å²) < 4.78 is 0. The minimum absolute atomic E-state index is 0.00686. The van der Waals surface area contributed by atoms with E-state index >= 15 is 0 Å². The van der Waals surface area contributed by atoms with Crippen molar-refractivity contribution in [3.8, 4) is 11.8 Å². The summed E-state index contributed by atoms with van der Waals surface area (Å²) in [6.45, 7) is 3.46. The van der Waals surface area contributed by atoms with Crippen LogP contribution in [0.5, 0.6) is 0 Å². The lowest BCUT2D eigenvalue weighted by Gasteiger charge is -2.22. The van der Waals surface area contributed by atoms with Crippen LogP contribution in [0.15, 0.2) is 0 Å². The van der Waals surface area contributed by atoms with Gasteiger partial charge in [0.1, 0.15) is 0 Å². The fraction of sp³-hybridized carbons (Fsp3) is 0.700. The van der Waals surface area contributed by atoms with Crippen molar-refractivity contribution >= 4 is 5.91 Å². The van der Waals surface area contributed by atoms with Gasteiger partial charge >= 0.3 is 0 Å². The van der Waals surface area contributed by atoms with Crippen LogP contribution in [-0.2, 0) is 4.79 Å². The van der Waals surface area contributed by atoms with Crippen molar-refractivity contribution in [1.82, 2.24) is 10.6 Å². The van der Waals surface area contributed by atoms with Gasteiger partial charge in [-0.15, -0.1) is 11.8 Å². The van der Waals surface area contributed by atoms with Gasteiger partial charge < -0.3 is 10.6 Å². The third kappa shape index (κ3) is 3.47. The van der Waals surface area contributed by atoms with Gasteiger partial charge in [-0.05, 0) is 19.8 Å². The van der Waals surface area contributed by atoms with E-state index < -0.39 is 0 Å². The van der Waals surface area contributed by atoms with Crippen LogP contribution in [0.3, 0.4) is 0 Å². The SMILES string of the molecule is CC#CCCNC1CCCNC1=O. The van der Waals surface area contributed by atoms with E-state index in [0.717, 1.165) is 32.4 Å². The van der Waals surface area contributed by atoms with E-state index in [9.17, 15) is 4.79 Å². The van der Waals surface area contributed by atoms with Crippen molar-refractivity contribution in [3.63, 3.8) is 0 Å². The molecule has 0 radical (unpaired) electrons. The molecule has 13 heavy (non-hydrogen) atoms. The van der Waals surface area contributed by atoms with Gasteiger partial charge in [0.15, 0.2) is 0 Å². The Morgan fingerprint density at radius 2 is 2.54 bits per heavy atom. The number of piperidine rings is 1. The molecule has 1 rings (SSSR count). The van der Waals surface area contributed by atoms with Crippen molar-refractivity contribution in [2.45, 2.75) is 32.2 Å². The van der Waals surface area contributed by atoms with Gasteiger partial charge in [-0.25, -0.2) is 0 Å². The molecular formula is C10H16N2O. The lowest BCUT2D eigenvalue weighted by atomic mass is 10.1. The van der Waals surface area contributed by atoms with Crippen LogP contribution in [0.2, 0.25) is 0 Å². The zero-order valence-corrected chi connectivity index (χ0v) is 8.02. The molecule has 72 valence electrons. The number of hydrogen-bond acceptors (Lipinski definition) is 2. The summed E-state index contributed by atoms with van der Waals surface area (Å²) in [6, 6.07) is 0.00686. The van der Waals surface area contributed by atoms with Crippen LogP contribution in [-0.4, -0.2) is 25.0 Å². The lowest BCUT2D eigenvalue weighted by Crippen LogP contribution is -2.48. The summed E-state index contributed by atoms with van der Waals surface area (Å²) in [4.78, 5) is 11.2. The number of rotatable bonds is 3. The molecule has 1 aliphatic rings. The first-order chi connectivity index (χ1) is 6.34. The Bertz CT molecular complexity index is 227. The topological polar surface area (TPSA) is 41.1 Å². The molecule has 0 saturated carbocycles. The van der Waals surface area contributed by atoms with Crippen molar-refractivity contribution in [2.24, 2.45) is 0 Å². The van der Waals surface area contributed by atoms with Crippen molar-refractivity contribution in [2.75, 3.05) is 13.1 Å². The number of carbonyl (C=O) groups is 1. The van der Waals surface area contributed by atoms with E-state index in [1.165, 1.54) is 0 Å². The average molecular weight is 180 g/mol. The maximum absolute atomic E-state index is 11.2. The summed E-state index contributed by atoms with van der Waals surface area (Å²) in [5, 5.41) is 6.03. The molecule has 1 fully saturated rings. The summed E-state index contributed by atoms with van der Waals surface area (Å²) in [6.07, 6.45) is 2.84. The Labute approximate surface area is 79.3 Å². The normalized spacial score (nSPS) is 21.6. The summed E-state index contributed by atoms with van der Waals surface area (Å²) in [5.74, 6) is 5.92. The molecule has 2 N–H and O–H groups in total. The van der Waals surface area contributed by atoms with E-state index in [4.69, 9.17) is 0 Å². The highest BCUT2D eigenvalue weighted by Gasteiger charge is 2.20. The van der Waals surface area contributed by atoms with Crippen molar-refractivity contribution in [3.05, 3.63) is 0 Å². The Morgan fingerprint density at radius 3 is 3.23 bits per heavy atom. The largest absolute Gasteiger partial charge is 0.355 e. The van der Waals surface area contributed by atoms with Gasteiger partial charge in [0.2, 0.25) is 5.91 Å². The molecule has 3 heteroatoms. The van der Waals surface area contributed by atoms with Crippen molar-refractivity contribution in [1.29, 1.82) is 0 Å². The predicted molar refractivity (Wildman–Crippen MR) is 52.1 cm³/mol. The number of nitrogens with one attached hydrogen (secondary N) is 2. The van der Waals surface area contributed by atoms with Gasteiger partial charge in [-0.2, -0.15) is 0 Å². The molecule has 1 atom stereocenters. The fourth-order valence-electron chi connectivity index (χ4n) is 1.40. The fourth-order valence-corrected chi connectivity index (χ4v) is 1.40. The first-order valence-electron chi connectivity index (χ1n) is 4.75. The van der Waals surface area contributed by atoms with Crippen LogP contribution in [0.4, 0.5) is 0 Å². The second-order valence-electron chi connectivity index (χ2n) is 3.12. The van der Waals surface area contributed by atoms with E-state index in [0.29, 0.717) is 0 Å². The molecule has 0 aliphatic carbocycles. The standard InChI is InChI=1S/C10H16N2O/c1-2-3-4-7-11-9-6-5-8-12-10(9)13/h9,11H,4-8H2,1H3,(H,12,13). The molecule has 1 aliphatic heterocycles. The molecule has 3 nitrogen and oxygen atoms in total. The Balaban J connectivity index is 2.17. The molecule has 1 heterocycles. The monoisotopic (exact) mass is 180 g/mol. The maximum Gasteiger partial charge on any atom is 0.237 e. The second-order valence-corrected chi connectivity index (χ2v) is 3.12.